The highest BCUT2D eigenvalue weighted by Gasteiger charge is 2.43. The molecule has 16 rings (SSSR count). The highest BCUT2D eigenvalue weighted by Crippen LogP contribution is 2.36. The Labute approximate surface area is 826 Å². The van der Waals surface area contributed by atoms with Crippen molar-refractivity contribution in [1.29, 1.82) is 0 Å². The fourth-order valence-corrected chi connectivity index (χ4v) is 25.3. The van der Waals surface area contributed by atoms with Crippen molar-refractivity contribution < 1.29 is 47.8 Å². The Kier molecular flexibility index (Phi) is 52.2. The lowest BCUT2D eigenvalue weighted by Crippen LogP contribution is -2.55. The van der Waals surface area contributed by atoms with Crippen molar-refractivity contribution >= 4 is 47.5 Å². The number of nitrogens with one attached hydrogen (secondary N) is 3. The van der Waals surface area contributed by atoms with Gasteiger partial charge in [-0.25, -0.2) is 4.79 Å². The first-order chi connectivity index (χ1) is 65.7. The van der Waals surface area contributed by atoms with E-state index in [1.54, 1.807) is 26.0 Å². The number of nitrogens with zero attached hydrogens (tertiary/aromatic N) is 17. The molecule has 0 radical (unpaired) electrons. The second kappa shape index (κ2) is 61.9. The zero-order valence-corrected chi connectivity index (χ0v) is 89.2. The summed E-state index contributed by atoms with van der Waals surface area (Å²) in [5, 5.41) is 8.43. The molecule has 3 unspecified atom stereocenters. The third kappa shape index (κ3) is 36.4. The molecule has 0 aromatic heterocycles. The molecule has 16 heterocycles. The Balaban J connectivity index is 0.000000174. The standard InChI is InChI=1S/C14H27N3O.C14H26N2O2.C14H26N2O.3C13H25N3O.C13H24N2O2.C12H22N2O/c1-15(2)14(18)13-6-4-5-9-17(13)12-7-10-16(3)11-8-12;1-15-10-7-12(8-11-15)16-9-5-3-4-6-13(16)14(17)18-2;1-3-14(17)16-9-5-4-6-13(16)12-7-10-15(2)11-8-12;2*1-14-13(17)12-5-3-4-8-16(12)11-6-9-15(2)10-7-11;1-14-13(17)16-8-4-3-5-12(16)11-6-9-15(2)10-7-11;1-14-9-6-11(7-10-14)15-8-4-3-5-12(15)13(16)17-2;1-13-9-6-11(7-10-13)14-8-4-2-3-5-12(14)15/h12-13H,4-11H2,1-3H3;12-13H,3-11H2,1-2H3;12-13H,3-11H2,1-2H3;3*11-12H,3-10H2,1-2H3,(H,14,17);11-12H,3-10H2,1-2H3;11H,2-10H2,1H3/t13-;;;2*12-;;12-;/m1..10.1./s1. The quantitative estimate of drug-likeness (QED) is 0.137. The zero-order valence-electron chi connectivity index (χ0n) is 89.2. The van der Waals surface area contributed by atoms with Gasteiger partial charge in [-0.05, 0) is 424 Å². The third-order valence-electron chi connectivity index (χ3n) is 34.1. The molecule has 0 saturated carbocycles. The summed E-state index contributed by atoms with van der Waals surface area (Å²) in [6, 6.07) is 5.11. The van der Waals surface area contributed by atoms with Gasteiger partial charge in [-0.2, -0.15) is 0 Å². The monoisotopic (exact) mass is 1910 g/mol. The van der Waals surface area contributed by atoms with Crippen LogP contribution < -0.4 is 16.0 Å². The van der Waals surface area contributed by atoms with Crippen molar-refractivity contribution in [1.82, 2.24) is 99.2 Å². The third-order valence-corrected chi connectivity index (χ3v) is 34.1. The number of esters is 2. The van der Waals surface area contributed by atoms with Gasteiger partial charge in [-0.1, -0.05) is 51.9 Å². The van der Waals surface area contributed by atoms with E-state index in [2.05, 4.69) is 151 Å². The fraction of sp³-hybridized carbons (Fsp3) is 0.925. The number of methoxy groups -OCH3 is 2. The van der Waals surface area contributed by atoms with Crippen LogP contribution in [0.5, 0.6) is 0 Å². The van der Waals surface area contributed by atoms with Gasteiger partial charge in [0.1, 0.15) is 12.1 Å². The minimum atomic E-state index is -0.0383. The van der Waals surface area contributed by atoms with Gasteiger partial charge < -0.3 is 84.2 Å². The highest BCUT2D eigenvalue weighted by atomic mass is 16.5. The number of amides is 7. The number of ether oxygens (including phenoxy) is 2. The molecule has 0 aliphatic carbocycles. The maximum atomic E-state index is 12.3. The van der Waals surface area contributed by atoms with Crippen LogP contribution in [0.2, 0.25) is 0 Å². The van der Waals surface area contributed by atoms with Crippen molar-refractivity contribution in [3.8, 4) is 0 Å². The number of hydrogen-bond donors (Lipinski definition) is 3. The summed E-state index contributed by atoms with van der Waals surface area (Å²) in [5.41, 5.74) is 0. The Morgan fingerprint density at radius 2 is 0.559 bits per heavy atom. The topological polar surface area (TPSA) is 246 Å². The van der Waals surface area contributed by atoms with E-state index in [-0.39, 0.29) is 60.0 Å². The maximum Gasteiger partial charge on any atom is 0.323 e. The Hall–Kier alpha value is -4.96. The molecule has 0 aromatic carbocycles. The van der Waals surface area contributed by atoms with Gasteiger partial charge in [0.15, 0.2) is 0 Å². The molecule has 0 aromatic rings. The summed E-state index contributed by atoms with van der Waals surface area (Å²) in [6.07, 6.45) is 50.2. The Morgan fingerprint density at radius 3 is 0.890 bits per heavy atom. The first kappa shape index (κ1) is 115. The zero-order chi connectivity index (χ0) is 98.0. The molecule has 16 aliphatic heterocycles. The van der Waals surface area contributed by atoms with E-state index in [0.29, 0.717) is 78.4 Å². The van der Waals surface area contributed by atoms with Crippen molar-refractivity contribution in [2.24, 2.45) is 11.8 Å². The molecule has 0 bridgehead atoms. The number of likely N-dealkylation sites (N-methyl/N-ethyl adjacent to an activating group) is 3. The van der Waals surface area contributed by atoms with Crippen molar-refractivity contribution in [2.45, 2.75) is 362 Å². The van der Waals surface area contributed by atoms with E-state index in [4.69, 9.17) is 9.47 Å². The minimum absolute atomic E-state index is 0.00547. The largest absolute Gasteiger partial charge is 0.468 e. The lowest BCUT2D eigenvalue weighted by Gasteiger charge is -2.44. The van der Waals surface area contributed by atoms with Crippen LogP contribution in [-0.4, -0.2) is 472 Å². The number of carbonyl (C=O) groups excluding carboxylic acids is 8. The molecule has 784 valence electrons. The first-order valence-electron chi connectivity index (χ1n) is 55.3. The Morgan fingerprint density at radius 1 is 0.294 bits per heavy atom. The molecule has 30 nitrogen and oxygen atoms in total. The summed E-state index contributed by atoms with van der Waals surface area (Å²) >= 11 is 0. The molecule has 7 amide bonds. The minimum Gasteiger partial charge on any atom is -0.468 e. The molecule has 7 atom stereocenters. The second-order valence-corrected chi connectivity index (χ2v) is 43.8. The van der Waals surface area contributed by atoms with Crippen molar-refractivity contribution in [3.05, 3.63) is 0 Å². The van der Waals surface area contributed by atoms with Gasteiger partial charge >= 0.3 is 18.0 Å². The van der Waals surface area contributed by atoms with Crippen LogP contribution in [0, 0.1) is 11.8 Å². The van der Waals surface area contributed by atoms with E-state index in [9.17, 15) is 38.4 Å². The fourth-order valence-electron chi connectivity index (χ4n) is 25.3. The van der Waals surface area contributed by atoms with Crippen LogP contribution in [0.4, 0.5) is 4.79 Å². The number of likely N-dealkylation sites (tertiary alicyclic amines) is 16. The van der Waals surface area contributed by atoms with E-state index in [1.165, 1.54) is 285 Å². The van der Waals surface area contributed by atoms with Crippen LogP contribution in [0.25, 0.3) is 0 Å². The molecule has 16 fully saturated rings. The number of urea groups is 1. The van der Waals surface area contributed by atoms with E-state index >= 15 is 0 Å². The van der Waals surface area contributed by atoms with Crippen LogP contribution in [0.1, 0.15) is 283 Å². The number of rotatable bonds is 14. The molecular formula is C106H200N20O10. The van der Waals surface area contributed by atoms with Crippen LogP contribution >= 0.6 is 0 Å². The highest BCUT2D eigenvalue weighted by molar-refractivity contribution is 5.83. The van der Waals surface area contributed by atoms with E-state index < -0.39 is 0 Å². The predicted molar refractivity (Wildman–Crippen MR) is 549 cm³/mol. The average Bonchev–Trinajstić information content (AvgIpc) is 1.08. The predicted octanol–water partition coefficient (Wildman–Crippen LogP) is 10.1. The maximum absolute atomic E-state index is 12.3. The molecule has 16 saturated heterocycles. The van der Waals surface area contributed by atoms with Gasteiger partial charge in [-0.15, -0.1) is 0 Å². The summed E-state index contributed by atoms with van der Waals surface area (Å²) in [6.45, 7) is 29.1. The van der Waals surface area contributed by atoms with Gasteiger partial charge in [-0.3, -0.25) is 58.1 Å². The number of hydrogen-bond acceptors (Lipinski definition) is 23. The second-order valence-electron chi connectivity index (χ2n) is 43.8. The normalized spacial score (nSPS) is 28.5. The first-order valence-corrected chi connectivity index (χ1v) is 55.3. The lowest BCUT2D eigenvalue weighted by molar-refractivity contribution is -0.150. The van der Waals surface area contributed by atoms with Crippen molar-refractivity contribution in [3.63, 3.8) is 0 Å². The summed E-state index contributed by atoms with van der Waals surface area (Å²) in [4.78, 5) is 135. The van der Waals surface area contributed by atoms with E-state index in [0.717, 1.165) is 162 Å². The van der Waals surface area contributed by atoms with Gasteiger partial charge in [0.2, 0.25) is 29.5 Å². The van der Waals surface area contributed by atoms with Crippen LogP contribution in [0.3, 0.4) is 0 Å². The summed E-state index contributed by atoms with van der Waals surface area (Å²) in [7, 11) is 29.5. The van der Waals surface area contributed by atoms with Gasteiger partial charge in [0.05, 0.1) is 32.3 Å². The van der Waals surface area contributed by atoms with Crippen molar-refractivity contribution in [2.75, 3.05) is 263 Å². The van der Waals surface area contributed by atoms with Crippen LogP contribution in [-0.2, 0) is 43.0 Å². The molecule has 16 aliphatic rings. The summed E-state index contributed by atoms with van der Waals surface area (Å²) in [5.74, 6) is 2.89. The number of piperidine rings is 14. The lowest BCUT2D eigenvalue weighted by atomic mass is 9.83. The molecule has 3 N–H and O–H groups in total. The smallest absolute Gasteiger partial charge is 0.323 e. The molecular weight excluding hydrogens is 1710 g/mol. The van der Waals surface area contributed by atoms with E-state index in [1.807, 2.05) is 21.0 Å². The average molecular weight is 1910 g/mol. The molecule has 136 heavy (non-hydrogen) atoms. The molecule has 30 heteroatoms. The molecule has 0 spiro atoms. The SMILES string of the molecule is CCC(=O)N1CCCCC1C1CCN(C)CC1.CN1CCC(N2CCCCCC2=O)CC1.CN1CCC(N2CCCC[C@@H]2C(=O)N(C)C)CC1.CNC(=O)N1CCCCC1C1CCN(C)CC1.CNC(=O)[C@@H]1CCCCN1C1CCN(C)CC1.CNC(=O)[C@H]1CCCCN1C1CCN(C)CC1.COC(=O)C1CCCCCN1C1CCN(C)CC1.COC(=O)[C@H]1CCCCN1C1CCN(C)CC1. The van der Waals surface area contributed by atoms with Gasteiger partial charge in [0, 0.05) is 116 Å². The summed E-state index contributed by atoms with van der Waals surface area (Å²) < 4.78 is 9.94. The van der Waals surface area contributed by atoms with Crippen LogP contribution in [0.15, 0.2) is 0 Å². The Bertz CT molecular complexity index is 3070. The number of carbonyl (C=O) groups is 8. The van der Waals surface area contributed by atoms with Gasteiger partial charge in [0.25, 0.3) is 0 Å².